The van der Waals surface area contributed by atoms with Crippen molar-refractivity contribution in [3.05, 3.63) is 182 Å². The van der Waals surface area contributed by atoms with Crippen molar-refractivity contribution in [3.8, 4) is 16.8 Å². The summed E-state index contributed by atoms with van der Waals surface area (Å²) >= 11 is 0.343. The van der Waals surface area contributed by atoms with E-state index >= 15 is 0 Å². The summed E-state index contributed by atoms with van der Waals surface area (Å²) in [5.41, 5.74) is 9.50. The molecule has 0 N–H and O–H groups in total. The Hall–Kier alpha value is -5.86. The molecule has 10 rings (SSSR count). The number of hydrogen-bond donors (Lipinski definition) is 0. The zero-order valence-electron chi connectivity index (χ0n) is 26.6. The van der Waals surface area contributed by atoms with Gasteiger partial charge in [-0.3, -0.25) is 0 Å². The van der Waals surface area contributed by atoms with Crippen LogP contribution in [0.2, 0.25) is 0 Å². The molecule has 10 aromatic rings. The van der Waals surface area contributed by atoms with Crippen LogP contribution in [-0.2, 0) is 0 Å². The molecule has 0 spiro atoms. The minimum Gasteiger partial charge on any atom is -0.0602 e. The summed E-state index contributed by atoms with van der Waals surface area (Å²) < 4.78 is 5.32. The third-order valence-electron chi connectivity index (χ3n) is 9.77. The number of fused-ring (bicyclic) bond motifs is 7. The van der Waals surface area contributed by atoms with Gasteiger partial charge in [0.1, 0.15) is 0 Å². The normalized spacial score (nSPS) is 11.7. The third kappa shape index (κ3) is 4.63. The molecule has 0 atom stereocenters. The topological polar surface area (TPSA) is 8.17 Å². The Morgan fingerprint density at radius 3 is 1.92 bits per heavy atom. The molecule has 230 valence electrons. The van der Waals surface area contributed by atoms with Crippen LogP contribution in [0, 0.1) is 0 Å². The van der Waals surface area contributed by atoms with E-state index in [9.17, 15) is 0 Å². The fourth-order valence-corrected chi connectivity index (χ4v) is 9.90. The van der Waals surface area contributed by atoms with Gasteiger partial charge in [0.15, 0.2) is 0 Å². The monoisotopic (exact) mass is 690 g/mol. The Bertz CT molecular complexity index is 2820. The van der Waals surface area contributed by atoms with Gasteiger partial charge in [-0.25, -0.2) is 0 Å². The zero-order chi connectivity index (χ0) is 32.3. The van der Waals surface area contributed by atoms with Crippen molar-refractivity contribution < 1.29 is 0 Å². The minimum atomic E-state index is 0.343. The molecular formula is C46H30N2Se. The second kappa shape index (κ2) is 11.4. The van der Waals surface area contributed by atoms with Crippen LogP contribution in [0.15, 0.2) is 182 Å². The van der Waals surface area contributed by atoms with Crippen LogP contribution in [0.1, 0.15) is 0 Å². The standard InChI is InChI=1S/C46H30N2Se/c1-2-13-34(14-3-1)48-43-18-8-6-16-38(43)41-30-36(26-28-44(41)48)47(42-19-10-12-32-11-4-5-15-37(32)42)35-24-21-31(22-25-35)33-23-27-40-39-17-7-9-20-45(39)49-46(40)29-33/h1-30H. The molecule has 0 aliphatic carbocycles. The quantitative estimate of drug-likeness (QED) is 0.163. The second-order valence-electron chi connectivity index (χ2n) is 12.6. The van der Waals surface area contributed by atoms with Crippen molar-refractivity contribution in [3.63, 3.8) is 0 Å². The molecule has 49 heavy (non-hydrogen) atoms. The predicted molar refractivity (Wildman–Crippen MR) is 210 cm³/mol. The summed E-state index contributed by atoms with van der Waals surface area (Å²) in [6.45, 7) is 0. The molecule has 0 radical (unpaired) electrons. The molecule has 0 aliphatic heterocycles. The van der Waals surface area contributed by atoms with Crippen LogP contribution in [0.3, 0.4) is 0 Å². The fraction of sp³-hybridized carbons (Fsp3) is 0. The van der Waals surface area contributed by atoms with Gasteiger partial charge in [0, 0.05) is 5.69 Å². The van der Waals surface area contributed by atoms with Crippen LogP contribution in [0.4, 0.5) is 17.1 Å². The zero-order valence-corrected chi connectivity index (χ0v) is 28.3. The van der Waals surface area contributed by atoms with Crippen LogP contribution in [0.5, 0.6) is 0 Å². The summed E-state index contributed by atoms with van der Waals surface area (Å²) in [6.07, 6.45) is 0. The molecule has 0 saturated heterocycles. The van der Waals surface area contributed by atoms with Gasteiger partial charge in [-0.1, -0.05) is 42.5 Å². The van der Waals surface area contributed by atoms with Gasteiger partial charge in [-0.2, -0.15) is 0 Å². The number of aromatic nitrogens is 1. The molecular weight excluding hydrogens is 659 g/mol. The Morgan fingerprint density at radius 2 is 1.04 bits per heavy atom. The summed E-state index contributed by atoms with van der Waals surface area (Å²) in [5, 5.41) is 7.72. The van der Waals surface area contributed by atoms with Crippen LogP contribution in [-0.4, -0.2) is 19.1 Å². The van der Waals surface area contributed by atoms with Crippen molar-refractivity contribution in [2.24, 2.45) is 0 Å². The van der Waals surface area contributed by atoms with Crippen LogP contribution in [0.25, 0.3) is 68.7 Å². The van der Waals surface area contributed by atoms with Gasteiger partial charge in [-0.05, 0) is 18.2 Å². The number of anilines is 3. The van der Waals surface area contributed by atoms with E-state index in [-0.39, 0.29) is 0 Å². The van der Waals surface area contributed by atoms with E-state index in [4.69, 9.17) is 0 Å². The summed E-state index contributed by atoms with van der Waals surface area (Å²) in [4.78, 5) is 2.42. The third-order valence-corrected chi connectivity index (χ3v) is 12.2. The molecule has 0 saturated carbocycles. The first-order valence-corrected chi connectivity index (χ1v) is 18.4. The number of para-hydroxylation sites is 2. The van der Waals surface area contributed by atoms with E-state index in [1.54, 1.807) is 0 Å². The number of benzene rings is 8. The molecule has 0 fully saturated rings. The molecule has 2 heterocycles. The minimum absolute atomic E-state index is 0.343. The Kier molecular flexibility index (Phi) is 6.55. The predicted octanol–water partition coefficient (Wildman–Crippen LogP) is 12.4. The summed E-state index contributed by atoms with van der Waals surface area (Å²) in [5.74, 6) is 0. The first-order valence-electron chi connectivity index (χ1n) is 16.7. The maximum atomic E-state index is 2.42. The Labute approximate surface area is 290 Å². The van der Waals surface area contributed by atoms with Gasteiger partial charge in [0.2, 0.25) is 0 Å². The SMILES string of the molecule is c1ccc(-n2c3ccccc3c3cc(N(c4ccc(-c5ccc6c(c5)[se]c5ccccc56)cc4)c4cccc5ccccc45)ccc32)cc1. The smallest absolute Gasteiger partial charge is 0.0602 e. The van der Waals surface area contributed by atoms with Crippen molar-refractivity contribution >= 4 is 83.4 Å². The van der Waals surface area contributed by atoms with Gasteiger partial charge in [0.25, 0.3) is 0 Å². The van der Waals surface area contributed by atoms with Crippen molar-refractivity contribution in [1.82, 2.24) is 4.57 Å². The maximum absolute atomic E-state index is 2.42. The van der Waals surface area contributed by atoms with Gasteiger partial charge >= 0.3 is 215 Å². The van der Waals surface area contributed by atoms with E-state index in [1.165, 1.54) is 68.7 Å². The van der Waals surface area contributed by atoms with Gasteiger partial charge < -0.3 is 4.57 Å². The number of hydrogen-bond acceptors (Lipinski definition) is 1. The Morgan fingerprint density at radius 1 is 0.388 bits per heavy atom. The number of rotatable bonds is 5. The molecule has 0 amide bonds. The fourth-order valence-electron chi connectivity index (χ4n) is 7.49. The molecule has 2 nitrogen and oxygen atoms in total. The first kappa shape index (κ1) is 28.2. The molecule has 2 aromatic heterocycles. The summed E-state index contributed by atoms with van der Waals surface area (Å²) in [7, 11) is 0. The summed E-state index contributed by atoms with van der Waals surface area (Å²) in [6, 6.07) is 66.6. The second-order valence-corrected chi connectivity index (χ2v) is 14.9. The molecule has 3 heteroatoms. The van der Waals surface area contributed by atoms with Crippen molar-refractivity contribution in [2.75, 3.05) is 4.90 Å². The molecule has 0 unspecified atom stereocenters. The van der Waals surface area contributed by atoms with E-state index in [0.717, 1.165) is 17.1 Å². The Balaban J connectivity index is 1.14. The first-order chi connectivity index (χ1) is 24.3. The molecule has 0 bridgehead atoms. The van der Waals surface area contributed by atoms with E-state index < -0.39 is 0 Å². The number of nitrogens with zero attached hydrogens (tertiary/aromatic N) is 2. The average molecular weight is 690 g/mol. The van der Waals surface area contributed by atoms with Crippen molar-refractivity contribution in [2.45, 2.75) is 0 Å². The van der Waals surface area contributed by atoms with E-state index in [2.05, 4.69) is 191 Å². The van der Waals surface area contributed by atoms with E-state index in [1.807, 2.05) is 0 Å². The van der Waals surface area contributed by atoms with Gasteiger partial charge in [0.05, 0.1) is 5.52 Å². The van der Waals surface area contributed by atoms with Crippen LogP contribution >= 0.6 is 0 Å². The molecule has 0 aliphatic rings. The van der Waals surface area contributed by atoms with E-state index in [0.29, 0.717) is 14.5 Å². The van der Waals surface area contributed by atoms with Crippen molar-refractivity contribution in [1.29, 1.82) is 0 Å². The molecule has 8 aromatic carbocycles. The average Bonchev–Trinajstić information content (AvgIpc) is 3.71. The van der Waals surface area contributed by atoms with Crippen LogP contribution < -0.4 is 4.90 Å². The van der Waals surface area contributed by atoms with Gasteiger partial charge in [-0.15, -0.1) is 0 Å².